The van der Waals surface area contributed by atoms with Gasteiger partial charge in [0.05, 0.1) is 0 Å². The summed E-state index contributed by atoms with van der Waals surface area (Å²) in [4.78, 5) is 4.42. The van der Waals surface area contributed by atoms with Gasteiger partial charge in [-0.1, -0.05) is 17.7 Å². The Balaban J connectivity index is 2.43. The molecule has 0 bridgehead atoms. The van der Waals surface area contributed by atoms with E-state index in [2.05, 4.69) is 4.98 Å². The number of nitrogens with zero attached hydrogens (tertiary/aromatic N) is 1. The standard InChI is InChI=1S/C15H16ClNO/c1-9-5-6-12(4)17-15(9)18-14-10(2)7-13(16)8-11(14)3/h5-8H,1-4H3. The summed E-state index contributed by atoms with van der Waals surface area (Å²) < 4.78 is 5.94. The van der Waals surface area contributed by atoms with Crippen molar-refractivity contribution in [2.24, 2.45) is 0 Å². The molecule has 2 rings (SSSR count). The van der Waals surface area contributed by atoms with Crippen molar-refractivity contribution < 1.29 is 4.74 Å². The van der Waals surface area contributed by atoms with Crippen LogP contribution in [-0.4, -0.2) is 4.98 Å². The molecular formula is C15H16ClNO. The summed E-state index contributed by atoms with van der Waals surface area (Å²) >= 11 is 6.01. The smallest absolute Gasteiger partial charge is 0.222 e. The summed E-state index contributed by atoms with van der Waals surface area (Å²) in [6, 6.07) is 7.78. The van der Waals surface area contributed by atoms with E-state index in [1.165, 1.54) is 0 Å². The van der Waals surface area contributed by atoms with E-state index >= 15 is 0 Å². The average molecular weight is 262 g/mol. The molecule has 0 aliphatic rings. The van der Waals surface area contributed by atoms with E-state index in [1.807, 2.05) is 52.0 Å². The van der Waals surface area contributed by atoms with Crippen LogP contribution in [0.5, 0.6) is 11.6 Å². The van der Waals surface area contributed by atoms with Gasteiger partial charge in [-0.3, -0.25) is 0 Å². The molecule has 0 amide bonds. The molecule has 0 aliphatic carbocycles. The van der Waals surface area contributed by atoms with Crippen LogP contribution in [0.1, 0.15) is 22.4 Å². The number of ether oxygens (including phenoxy) is 1. The van der Waals surface area contributed by atoms with Crippen LogP contribution >= 0.6 is 11.6 Å². The Hall–Kier alpha value is -1.54. The lowest BCUT2D eigenvalue weighted by molar-refractivity contribution is 0.451. The molecule has 3 heteroatoms. The second-order valence-corrected chi connectivity index (χ2v) is 4.98. The third-order valence-electron chi connectivity index (χ3n) is 2.81. The summed E-state index contributed by atoms with van der Waals surface area (Å²) in [5.41, 5.74) is 4.00. The van der Waals surface area contributed by atoms with Crippen LogP contribution in [0.2, 0.25) is 5.02 Å². The number of benzene rings is 1. The van der Waals surface area contributed by atoms with E-state index in [0.717, 1.165) is 33.2 Å². The zero-order chi connectivity index (χ0) is 13.3. The molecule has 2 aromatic rings. The SMILES string of the molecule is Cc1ccc(C)c(Oc2c(C)cc(Cl)cc2C)n1. The summed E-state index contributed by atoms with van der Waals surface area (Å²) in [6.45, 7) is 7.91. The quantitative estimate of drug-likeness (QED) is 0.777. The van der Waals surface area contributed by atoms with Crippen LogP contribution in [0.25, 0.3) is 0 Å². The Labute approximate surface area is 113 Å². The van der Waals surface area contributed by atoms with Gasteiger partial charge in [-0.15, -0.1) is 0 Å². The number of hydrogen-bond donors (Lipinski definition) is 0. The van der Waals surface area contributed by atoms with Crippen molar-refractivity contribution in [3.05, 3.63) is 51.7 Å². The Morgan fingerprint density at radius 3 is 2.17 bits per heavy atom. The number of rotatable bonds is 2. The molecule has 1 aromatic carbocycles. The molecule has 2 nitrogen and oxygen atoms in total. The highest BCUT2D eigenvalue weighted by Crippen LogP contribution is 2.31. The van der Waals surface area contributed by atoms with Crippen LogP contribution in [0, 0.1) is 27.7 Å². The molecule has 0 aliphatic heterocycles. The minimum absolute atomic E-state index is 0.656. The van der Waals surface area contributed by atoms with E-state index in [9.17, 15) is 0 Å². The van der Waals surface area contributed by atoms with Gasteiger partial charge in [0.25, 0.3) is 0 Å². The van der Waals surface area contributed by atoms with Crippen molar-refractivity contribution >= 4 is 11.6 Å². The van der Waals surface area contributed by atoms with Crippen molar-refractivity contribution in [1.29, 1.82) is 0 Å². The van der Waals surface area contributed by atoms with E-state index in [-0.39, 0.29) is 0 Å². The molecule has 18 heavy (non-hydrogen) atoms. The van der Waals surface area contributed by atoms with Crippen LogP contribution < -0.4 is 4.74 Å². The van der Waals surface area contributed by atoms with E-state index < -0.39 is 0 Å². The fourth-order valence-electron chi connectivity index (χ4n) is 1.86. The molecule has 0 unspecified atom stereocenters. The van der Waals surface area contributed by atoms with Gasteiger partial charge in [-0.25, -0.2) is 4.98 Å². The number of pyridine rings is 1. The first-order valence-corrected chi connectivity index (χ1v) is 6.24. The molecule has 1 aromatic heterocycles. The molecule has 1 heterocycles. The molecule has 0 atom stereocenters. The van der Waals surface area contributed by atoms with Gasteiger partial charge in [0.2, 0.25) is 5.88 Å². The van der Waals surface area contributed by atoms with Gasteiger partial charge in [0.1, 0.15) is 5.75 Å². The molecule has 94 valence electrons. The topological polar surface area (TPSA) is 22.1 Å². The highest BCUT2D eigenvalue weighted by Gasteiger charge is 2.09. The van der Waals surface area contributed by atoms with Crippen LogP contribution in [0.15, 0.2) is 24.3 Å². The van der Waals surface area contributed by atoms with Gasteiger partial charge >= 0.3 is 0 Å². The molecule has 0 saturated carbocycles. The number of aryl methyl sites for hydroxylation is 4. The summed E-state index contributed by atoms with van der Waals surface area (Å²) in [7, 11) is 0. The second-order valence-electron chi connectivity index (χ2n) is 4.55. The Morgan fingerprint density at radius 2 is 1.56 bits per heavy atom. The number of halogens is 1. The normalized spacial score (nSPS) is 10.5. The van der Waals surface area contributed by atoms with Gasteiger partial charge < -0.3 is 4.74 Å². The fourth-order valence-corrected chi connectivity index (χ4v) is 2.19. The van der Waals surface area contributed by atoms with Crippen LogP contribution in [0.3, 0.4) is 0 Å². The summed E-state index contributed by atoms with van der Waals surface area (Å²) in [5.74, 6) is 1.49. The first-order chi connectivity index (χ1) is 8.47. The lowest BCUT2D eigenvalue weighted by atomic mass is 10.1. The van der Waals surface area contributed by atoms with Crippen LogP contribution in [-0.2, 0) is 0 Å². The Bertz CT molecular complexity index is 570. The molecule has 0 saturated heterocycles. The van der Waals surface area contributed by atoms with Crippen molar-refractivity contribution in [3.8, 4) is 11.6 Å². The maximum Gasteiger partial charge on any atom is 0.222 e. The van der Waals surface area contributed by atoms with Gasteiger partial charge in [-0.2, -0.15) is 0 Å². The first kappa shape index (κ1) is 12.9. The zero-order valence-corrected chi connectivity index (χ0v) is 11.8. The van der Waals surface area contributed by atoms with Gasteiger partial charge in [0, 0.05) is 16.3 Å². The van der Waals surface area contributed by atoms with Crippen molar-refractivity contribution in [2.45, 2.75) is 27.7 Å². The maximum absolute atomic E-state index is 6.01. The number of aromatic nitrogens is 1. The van der Waals surface area contributed by atoms with Crippen LogP contribution in [0.4, 0.5) is 0 Å². The zero-order valence-electron chi connectivity index (χ0n) is 11.0. The fraction of sp³-hybridized carbons (Fsp3) is 0.267. The maximum atomic E-state index is 6.01. The largest absolute Gasteiger partial charge is 0.438 e. The Morgan fingerprint density at radius 1 is 0.944 bits per heavy atom. The molecule has 0 radical (unpaired) electrons. The third kappa shape index (κ3) is 2.65. The first-order valence-electron chi connectivity index (χ1n) is 5.86. The van der Waals surface area contributed by atoms with E-state index in [0.29, 0.717) is 5.88 Å². The van der Waals surface area contributed by atoms with Gasteiger partial charge in [-0.05, 0) is 57.0 Å². The molecule has 0 N–H and O–H groups in total. The van der Waals surface area contributed by atoms with Crippen molar-refractivity contribution in [2.75, 3.05) is 0 Å². The predicted octanol–water partition coefficient (Wildman–Crippen LogP) is 4.76. The van der Waals surface area contributed by atoms with Crippen molar-refractivity contribution in [3.63, 3.8) is 0 Å². The van der Waals surface area contributed by atoms with E-state index in [4.69, 9.17) is 16.3 Å². The van der Waals surface area contributed by atoms with E-state index in [1.54, 1.807) is 0 Å². The number of hydrogen-bond acceptors (Lipinski definition) is 2. The lowest BCUT2D eigenvalue weighted by Crippen LogP contribution is -1.96. The van der Waals surface area contributed by atoms with Gasteiger partial charge in [0.15, 0.2) is 0 Å². The average Bonchev–Trinajstić information content (AvgIpc) is 2.28. The summed E-state index contributed by atoms with van der Waals surface area (Å²) in [6.07, 6.45) is 0. The molecular weight excluding hydrogens is 246 g/mol. The molecule has 0 spiro atoms. The monoisotopic (exact) mass is 261 g/mol. The third-order valence-corrected chi connectivity index (χ3v) is 3.03. The van der Waals surface area contributed by atoms with Crippen molar-refractivity contribution in [1.82, 2.24) is 4.98 Å². The minimum Gasteiger partial charge on any atom is -0.438 e. The highest BCUT2D eigenvalue weighted by molar-refractivity contribution is 6.30. The highest BCUT2D eigenvalue weighted by atomic mass is 35.5. The Kier molecular flexibility index (Phi) is 3.58. The lowest BCUT2D eigenvalue weighted by Gasteiger charge is -2.13. The predicted molar refractivity (Wildman–Crippen MR) is 74.7 cm³/mol. The summed E-state index contributed by atoms with van der Waals surface area (Å²) in [5, 5.41) is 0.728. The molecule has 0 fully saturated rings. The second kappa shape index (κ2) is 4.99. The minimum atomic E-state index is 0.656.